The van der Waals surface area contributed by atoms with Gasteiger partial charge in [-0.25, -0.2) is 15.0 Å². The van der Waals surface area contributed by atoms with Crippen LogP contribution in [0.2, 0.25) is 0 Å². The summed E-state index contributed by atoms with van der Waals surface area (Å²) in [4.78, 5) is 12.5. The maximum Gasteiger partial charge on any atom is 0.213 e. The number of pyridine rings is 1. The second kappa shape index (κ2) is 4.41. The largest absolute Gasteiger partial charge is 0.481 e. The number of aromatic nitrogens is 3. The normalized spacial score (nSPS) is 10.5. The van der Waals surface area contributed by atoms with E-state index in [1.54, 1.807) is 19.6 Å². The van der Waals surface area contributed by atoms with Gasteiger partial charge in [0.25, 0.3) is 0 Å². The Morgan fingerprint density at radius 1 is 1.06 bits per heavy atom. The number of hydrogen-bond donors (Lipinski definition) is 0. The van der Waals surface area contributed by atoms with Gasteiger partial charge in [0.05, 0.1) is 18.3 Å². The van der Waals surface area contributed by atoms with Crippen LogP contribution in [0.3, 0.4) is 0 Å². The molecule has 3 aromatic rings. The van der Waals surface area contributed by atoms with Gasteiger partial charge in [-0.1, -0.05) is 6.07 Å². The van der Waals surface area contributed by atoms with Gasteiger partial charge in [0.1, 0.15) is 6.33 Å². The van der Waals surface area contributed by atoms with E-state index in [1.807, 2.05) is 30.3 Å². The number of fused-ring (bicyclic) bond motifs is 1. The molecule has 0 bridgehead atoms. The predicted molar refractivity (Wildman–Crippen MR) is 69.3 cm³/mol. The van der Waals surface area contributed by atoms with Crippen molar-refractivity contribution in [3.63, 3.8) is 0 Å². The van der Waals surface area contributed by atoms with Crippen molar-refractivity contribution in [2.75, 3.05) is 7.11 Å². The molecule has 0 aliphatic carbocycles. The van der Waals surface area contributed by atoms with E-state index in [0.29, 0.717) is 5.88 Å². The van der Waals surface area contributed by atoms with Crippen molar-refractivity contribution in [2.45, 2.75) is 0 Å². The number of benzene rings is 1. The third-order valence-corrected chi connectivity index (χ3v) is 2.75. The molecule has 0 spiro atoms. The summed E-state index contributed by atoms with van der Waals surface area (Å²) >= 11 is 0. The van der Waals surface area contributed by atoms with E-state index in [9.17, 15) is 0 Å². The molecule has 0 aliphatic heterocycles. The highest BCUT2D eigenvalue weighted by Gasteiger charge is 2.02. The molecule has 18 heavy (non-hydrogen) atoms. The van der Waals surface area contributed by atoms with E-state index in [2.05, 4.69) is 21.0 Å². The van der Waals surface area contributed by atoms with E-state index in [-0.39, 0.29) is 0 Å². The SMILES string of the molecule is COc1ccc2cc(-c3ccncn3)ccc2n1. The van der Waals surface area contributed by atoms with Gasteiger partial charge >= 0.3 is 0 Å². The smallest absolute Gasteiger partial charge is 0.213 e. The average Bonchev–Trinajstić information content (AvgIpc) is 2.47. The molecule has 3 rings (SSSR count). The molecule has 0 atom stereocenters. The quantitative estimate of drug-likeness (QED) is 0.687. The van der Waals surface area contributed by atoms with Gasteiger partial charge in [-0.2, -0.15) is 0 Å². The molecule has 0 N–H and O–H groups in total. The Labute approximate surface area is 104 Å². The topological polar surface area (TPSA) is 47.9 Å². The van der Waals surface area contributed by atoms with Crippen molar-refractivity contribution < 1.29 is 4.74 Å². The summed E-state index contributed by atoms with van der Waals surface area (Å²) in [5.74, 6) is 0.622. The Morgan fingerprint density at radius 3 is 2.78 bits per heavy atom. The van der Waals surface area contributed by atoms with E-state index < -0.39 is 0 Å². The van der Waals surface area contributed by atoms with Gasteiger partial charge in [0.2, 0.25) is 5.88 Å². The van der Waals surface area contributed by atoms with Crippen molar-refractivity contribution >= 4 is 10.9 Å². The third-order valence-electron chi connectivity index (χ3n) is 2.75. The lowest BCUT2D eigenvalue weighted by Gasteiger charge is -2.04. The van der Waals surface area contributed by atoms with Crippen LogP contribution in [0, 0.1) is 0 Å². The van der Waals surface area contributed by atoms with Gasteiger partial charge in [0, 0.05) is 23.2 Å². The van der Waals surface area contributed by atoms with Crippen molar-refractivity contribution in [1.82, 2.24) is 15.0 Å². The van der Waals surface area contributed by atoms with Crippen LogP contribution in [-0.2, 0) is 0 Å². The molecule has 0 saturated heterocycles. The maximum atomic E-state index is 5.11. The lowest BCUT2D eigenvalue weighted by Crippen LogP contribution is -1.89. The summed E-state index contributed by atoms with van der Waals surface area (Å²) in [6.45, 7) is 0. The Hall–Kier alpha value is -2.49. The Bertz CT molecular complexity index is 683. The molecule has 0 amide bonds. The van der Waals surface area contributed by atoms with Crippen LogP contribution in [0.15, 0.2) is 48.9 Å². The summed E-state index contributed by atoms with van der Waals surface area (Å²) < 4.78 is 5.11. The van der Waals surface area contributed by atoms with E-state index in [1.165, 1.54) is 0 Å². The molecule has 2 heterocycles. The zero-order chi connectivity index (χ0) is 12.4. The fourth-order valence-electron chi connectivity index (χ4n) is 1.84. The van der Waals surface area contributed by atoms with Crippen LogP contribution in [0.4, 0.5) is 0 Å². The van der Waals surface area contributed by atoms with Crippen LogP contribution >= 0.6 is 0 Å². The lowest BCUT2D eigenvalue weighted by molar-refractivity contribution is 0.399. The van der Waals surface area contributed by atoms with Gasteiger partial charge in [-0.05, 0) is 24.3 Å². The first-order chi connectivity index (χ1) is 8.86. The summed E-state index contributed by atoms with van der Waals surface area (Å²) in [7, 11) is 1.61. The molecule has 4 nitrogen and oxygen atoms in total. The molecule has 0 radical (unpaired) electrons. The first-order valence-electron chi connectivity index (χ1n) is 5.58. The second-order valence-electron chi connectivity index (χ2n) is 3.86. The Balaban J connectivity index is 2.12. The molecule has 0 saturated carbocycles. The standard InChI is InChI=1S/C14H11N3O/c1-18-14-5-3-11-8-10(2-4-13(11)17-14)12-6-7-15-9-16-12/h2-9H,1H3. The summed E-state index contributed by atoms with van der Waals surface area (Å²) in [6.07, 6.45) is 3.28. The minimum Gasteiger partial charge on any atom is -0.481 e. The number of hydrogen-bond acceptors (Lipinski definition) is 4. The molecular weight excluding hydrogens is 226 g/mol. The first-order valence-corrected chi connectivity index (χ1v) is 5.58. The predicted octanol–water partition coefficient (Wildman–Crippen LogP) is 2.70. The average molecular weight is 237 g/mol. The number of methoxy groups -OCH3 is 1. The van der Waals surface area contributed by atoms with Crippen LogP contribution in [0.25, 0.3) is 22.2 Å². The fourth-order valence-corrected chi connectivity index (χ4v) is 1.84. The number of nitrogens with zero attached hydrogens (tertiary/aromatic N) is 3. The molecule has 0 aliphatic rings. The number of ether oxygens (including phenoxy) is 1. The zero-order valence-electron chi connectivity index (χ0n) is 9.87. The molecule has 88 valence electrons. The molecule has 0 fully saturated rings. The van der Waals surface area contributed by atoms with Crippen molar-refractivity contribution in [3.8, 4) is 17.1 Å². The zero-order valence-corrected chi connectivity index (χ0v) is 9.87. The second-order valence-corrected chi connectivity index (χ2v) is 3.86. The molecule has 0 unspecified atom stereocenters. The fraction of sp³-hybridized carbons (Fsp3) is 0.0714. The molecule has 2 aromatic heterocycles. The maximum absolute atomic E-state index is 5.11. The van der Waals surface area contributed by atoms with Crippen LogP contribution in [0.1, 0.15) is 0 Å². The highest BCUT2D eigenvalue weighted by molar-refractivity contribution is 5.84. The van der Waals surface area contributed by atoms with E-state index >= 15 is 0 Å². The van der Waals surface area contributed by atoms with Crippen LogP contribution < -0.4 is 4.74 Å². The van der Waals surface area contributed by atoms with Gasteiger partial charge in [-0.15, -0.1) is 0 Å². The number of rotatable bonds is 2. The highest BCUT2D eigenvalue weighted by Crippen LogP contribution is 2.23. The Morgan fingerprint density at radius 2 is 2.00 bits per heavy atom. The Kier molecular flexibility index (Phi) is 2.61. The molecule has 4 heteroatoms. The monoisotopic (exact) mass is 237 g/mol. The van der Waals surface area contributed by atoms with Crippen LogP contribution in [0.5, 0.6) is 5.88 Å². The minimum atomic E-state index is 0.622. The van der Waals surface area contributed by atoms with Gasteiger partial charge in [0.15, 0.2) is 0 Å². The van der Waals surface area contributed by atoms with Gasteiger partial charge in [-0.3, -0.25) is 0 Å². The third kappa shape index (κ3) is 1.88. The first kappa shape index (κ1) is 10.7. The summed E-state index contributed by atoms with van der Waals surface area (Å²) in [5.41, 5.74) is 2.87. The summed E-state index contributed by atoms with van der Waals surface area (Å²) in [5, 5.41) is 1.06. The molecular formula is C14H11N3O. The van der Waals surface area contributed by atoms with Crippen molar-refractivity contribution in [1.29, 1.82) is 0 Å². The van der Waals surface area contributed by atoms with Crippen molar-refractivity contribution in [3.05, 3.63) is 48.9 Å². The summed E-state index contributed by atoms with van der Waals surface area (Å²) in [6, 6.07) is 11.8. The minimum absolute atomic E-state index is 0.622. The molecule has 1 aromatic carbocycles. The highest BCUT2D eigenvalue weighted by atomic mass is 16.5. The van der Waals surface area contributed by atoms with Crippen LogP contribution in [-0.4, -0.2) is 22.1 Å². The van der Waals surface area contributed by atoms with E-state index in [0.717, 1.165) is 22.2 Å². The lowest BCUT2D eigenvalue weighted by atomic mass is 10.1. The van der Waals surface area contributed by atoms with E-state index in [4.69, 9.17) is 4.74 Å². The van der Waals surface area contributed by atoms with Gasteiger partial charge < -0.3 is 4.74 Å². The van der Waals surface area contributed by atoms with Crippen molar-refractivity contribution in [2.24, 2.45) is 0 Å².